The van der Waals surface area contributed by atoms with E-state index in [9.17, 15) is 4.79 Å². The summed E-state index contributed by atoms with van der Waals surface area (Å²) in [5.74, 6) is -1.11. The lowest BCUT2D eigenvalue weighted by atomic mass is 10.2. The highest BCUT2D eigenvalue weighted by atomic mass is 35.5. The van der Waals surface area contributed by atoms with Gasteiger partial charge in [-0.25, -0.2) is 4.79 Å². The molecule has 1 rings (SSSR count). The van der Waals surface area contributed by atoms with E-state index in [1.165, 1.54) is 12.1 Å². The molecule has 0 saturated heterocycles. The number of carbonyl (C=O) groups is 1. The van der Waals surface area contributed by atoms with Crippen LogP contribution in [0.3, 0.4) is 0 Å². The number of thiol groups is 1. The normalized spacial score (nSPS) is 9.92. The van der Waals surface area contributed by atoms with Crippen molar-refractivity contribution in [1.82, 2.24) is 0 Å². The Balaban J connectivity index is 3.37. The van der Waals surface area contributed by atoms with E-state index in [-0.39, 0.29) is 15.6 Å². The minimum atomic E-state index is -1.11. The molecule has 0 heterocycles. The van der Waals surface area contributed by atoms with Crippen LogP contribution in [0.1, 0.15) is 10.4 Å². The Bertz CT molecular complexity index is 338. The van der Waals surface area contributed by atoms with Gasteiger partial charge < -0.3 is 5.11 Å². The maximum atomic E-state index is 10.5. The molecule has 1 aromatic carbocycles. The van der Waals surface area contributed by atoms with E-state index in [0.717, 1.165) is 0 Å². The summed E-state index contributed by atoms with van der Waals surface area (Å²) in [7, 11) is 0. The number of carboxylic acids is 1. The van der Waals surface area contributed by atoms with Gasteiger partial charge in [0.25, 0.3) is 0 Å². The average molecular weight is 223 g/mol. The van der Waals surface area contributed by atoms with Crippen molar-refractivity contribution in [3.63, 3.8) is 0 Å². The summed E-state index contributed by atoms with van der Waals surface area (Å²) in [4.78, 5) is 11.0. The molecule has 0 aromatic heterocycles. The molecule has 0 amide bonds. The summed E-state index contributed by atoms with van der Waals surface area (Å²) < 4.78 is 0. The molecular formula is C7H4Cl2O2S. The molecule has 0 saturated carbocycles. The van der Waals surface area contributed by atoms with Crippen LogP contribution in [0.25, 0.3) is 0 Å². The van der Waals surface area contributed by atoms with Gasteiger partial charge in [0.2, 0.25) is 0 Å². The second kappa shape index (κ2) is 3.56. The lowest BCUT2D eigenvalue weighted by Crippen LogP contribution is -1.97. The van der Waals surface area contributed by atoms with Crippen molar-refractivity contribution in [1.29, 1.82) is 0 Å². The summed E-state index contributed by atoms with van der Waals surface area (Å²) in [6.07, 6.45) is 0. The molecule has 0 spiro atoms. The number of halogens is 2. The molecule has 2 nitrogen and oxygen atoms in total. The number of hydrogen-bond donors (Lipinski definition) is 2. The maximum absolute atomic E-state index is 10.5. The van der Waals surface area contributed by atoms with Crippen LogP contribution in [0.4, 0.5) is 0 Å². The third-order valence-corrected chi connectivity index (χ3v) is 2.30. The quantitative estimate of drug-likeness (QED) is 0.718. The Kier molecular flexibility index (Phi) is 2.88. The van der Waals surface area contributed by atoms with Gasteiger partial charge in [-0.1, -0.05) is 23.2 Å². The Hall–Kier alpha value is -0.380. The van der Waals surface area contributed by atoms with E-state index < -0.39 is 5.97 Å². The summed E-state index contributed by atoms with van der Waals surface area (Å²) in [5.41, 5.74) is -0.0332. The zero-order valence-electron chi connectivity index (χ0n) is 5.71. The second-order valence-electron chi connectivity index (χ2n) is 2.09. The number of rotatable bonds is 1. The van der Waals surface area contributed by atoms with Crippen molar-refractivity contribution >= 4 is 41.8 Å². The number of aromatic carboxylic acids is 1. The van der Waals surface area contributed by atoms with E-state index in [1.807, 2.05) is 0 Å². The zero-order valence-corrected chi connectivity index (χ0v) is 8.12. The summed E-state index contributed by atoms with van der Waals surface area (Å²) in [6, 6.07) is 2.83. The fraction of sp³-hybridized carbons (Fsp3) is 0. The zero-order chi connectivity index (χ0) is 9.30. The average Bonchev–Trinajstić information content (AvgIpc) is 1.96. The molecule has 0 bridgehead atoms. The molecule has 0 atom stereocenters. The Morgan fingerprint density at radius 3 is 2.50 bits per heavy atom. The lowest BCUT2D eigenvalue weighted by molar-refractivity contribution is 0.0697. The minimum absolute atomic E-state index is 0.0332. The molecule has 0 aliphatic rings. The van der Waals surface area contributed by atoms with Crippen molar-refractivity contribution in [3.05, 3.63) is 27.7 Å². The van der Waals surface area contributed by atoms with Gasteiger partial charge in [-0.2, -0.15) is 0 Å². The molecular weight excluding hydrogens is 219 g/mol. The topological polar surface area (TPSA) is 37.3 Å². The molecule has 0 radical (unpaired) electrons. The number of benzene rings is 1. The van der Waals surface area contributed by atoms with E-state index in [1.54, 1.807) is 0 Å². The maximum Gasteiger partial charge on any atom is 0.337 e. The van der Waals surface area contributed by atoms with Gasteiger partial charge in [0.15, 0.2) is 0 Å². The summed E-state index contributed by atoms with van der Waals surface area (Å²) >= 11 is 15.2. The fourth-order valence-electron chi connectivity index (χ4n) is 0.730. The number of carboxylic acid groups (broad SMARTS) is 1. The first-order chi connectivity index (χ1) is 5.52. The van der Waals surface area contributed by atoms with Gasteiger partial charge in [0.1, 0.15) is 0 Å². The highest BCUT2D eigenvalue weighted by Gasteiger charge is 2.12. The van der Waals surface area contributed by atoms with E-state index >= 15 is 0 Å². The van der Waals surface area contributed by atoms with Crippen molar-refractivity contribution < 1.29 is 9.90 Å². The van der Waals surface area contributed by atoms with Crippen LogP contribution >= 0.6 is 35.8 Å². The van der Waals surface area contributed by atoms with Crippen molar-refractivity contribution in [2.45, 2.75) is 4.90 Å². The standard InChI is InChI=1S/C7H4Cl2O2S/c8-5-2-3(12)1-4(6(5)9)7(10)11/h1-2,12H,(H,10,11). The minimum Gasteiger partial charge on any atom is -0.478 e. The Morgan fingerprint density at radius 1 is 1.42 bits per heavy atom. The van der Waals surface area contributed by atoms with Gasteiger partial charge in [0, 0.05) is 4.90 Å². The molecule has 64 valence electrons. The van der Waals surface area contributed by atoms with E-state index in [2.05, 4.69) is 12.6 Å². The summed E-state index contributed by atoms with van der Waals surface area (Å²) in [5, 5.41) is 8.88. The third kappa shape index (κ3) is 1.86. The molecule has 12 heavy (non-hydrogen) atoms. The largest absolute Gasteiger partial charge is 0.478 e. The van der Waals surface area contributed by atoms with Crippen LogP contribution in [0.15, 0.2) is 17.0 Å². The molecule has 0 aliphatic heterocycles. The predicted octanol–water partition coefficient (Wildman–Crippen LogP) is 2.98. The molecule has 1 aromatic rings. The van der Waals surface area contributed by atoms with Crippen molar-refractivity contribution in [2.75, 3.05) is 0 Å². The Labute approximate surface area is 84.5 Å². The second-order valence-corrected chi connectivity index (χ2v) is 3.40. The number of hydrogen-bond acceptors (Lipinski definition) is 2. The first kappa shape index (κ1) is 9.71. The van der Waals surface area contributed by atoms with Crippen LogP contribution in [0.2, 0.25) is 10.0 Å². The van der Waals surface area contributed by atoms with Gasteiger partial charge in [-0.05, 0) is 12.1 Å². The van der Waals surface area contributed by atoms with Gasteiger partial charge in [-0.15, -0.1) is 12.6 Å². The van der Waals surface area contributed by atoms with Crippen LogP contribution in [0.5, 0.6) is 0 Å². The van der Waals surface area contributed by atoms with E-state index in [4.69, 9.17) is 28.3 Å². The van der Waals surface area contributed by atoms with Crippen LogP contribution in [0, 0.1) is 0 Å². The molecule has 5 heteroatoms. The first-order valence-corrected chi connectivity index (χ1v) is 4.14. The highest BCUT2D eigenvalue weighted by Crippen LogP contribution is 2.28. The monoisotopic (exact) mass is 222 g/mol. The van der Waals surface area contributed by atoms with E-state index in [0.29, 0.717) is 4.90 Å². The van der Waals surface area contributed by atoms with Crippen molar-refractivity contribution in [2.24, 2.45) is 0 Å². The van der Waals surface area contributed by atoms with Gasteiger partial charge in [0.05, 0.1) is 15.6 Å². The first-order valence-electron chi connectivity index (χ1n) is 2.93. The SMILES string of the molecule is O=C(O)c1cc(S)cc(Cl)c1Cl. The summed E-state index contributed by atoms with van der Waals surface area (Å²) in [6.45, 7) is 0. The third-order valence-electron chi connectivity index (χ3n) is 1.24. The molecule has 0 fully saturated rings. The fourth-order valence-corrected chi connectivity index (χ4v) is 1.47. The lowest BCUT2D eigenvalue weighted by Gasteiger charge is -2.01. The molecule has 0 unspecified atom stereocenters. The van der Waals surface area contributed by atoms with Crippen LogP contribution < -0.4 is 0 Å². The highest BCUT2D eigenvalue weighted by molar-refractivity contribution is 7.80. The van der Waals surface area contributed by atoms with Crippen LogP contribution in [-0.4, -0.2) is 11.1 Å². The van der Waals surface area contributed by atoms with Crippen LogP contribution in [-0.2, 0) is 0 Å². The smallest absolute Gasteiger partial charge is 0.337 e. The van der Waals surface area contributed by atoms with Gasteiger partial charge >= 0.3 is 5.97 Å². The molecule has 1 N–H and O–H groups in total. The van der Waals surface area contributed by atoms with Gasteiger partial charge in [-0.3, -0.25) is 0 Å². The molecule has 0 aliphatic carbocycles. The predicted molar refractivity (Wildman–Crippen MR) is 50.7 cm³/mol. The Morgan fingerprint density at radius 2 is 2.00 bits per heavy atom. The van der Waals surface area contributed by atoms with Crippen molar-refractivity contribution in [3.8, 4) is 0 Å².